The summed E-state index contributed by atoms with van der Waals surface area (Å²) in [7, 11) is 0. The summed E-state index contributed by atoms with van der Waals surface area (Å²) in [6.07, 6.45) is 15.2. The molecule has 0 fully saturated rings. The molecule has 0 aliphatic heterocycles. The first-order valence-corrected chi connectivity index (χ1v) is 9.90. The van der Waals surface area contributed by atoms with Gasteiger partial charge in [0.1, 0.15) is 0 Å². The molecule has 0 aliphatic carbocycles. The summed E-state index contributed by atoms with van der Waals surface area (Å²) in [5.74, 6) is 1.88. The van der Waals surface area contributed by atoms with Crippen molar-refractivity contribution in [3.63, 3.8) is 0 Å². The third kappa shape index (κ3) is 31.1. The lowest BCUT2D eigenvalue weighted by Gasteiger charge is -2.14. The number of hydrogen-bond acceptors (Lipinski definition) is 1. The quantitative estimate of drug-likeness (QED) is 0.343. The van der Waals surface area contributed by atoms with Crippen LogP contribution in [0.2, 0.25) is 0 Å². The first-order chi connectivity index (χ1) is 11.6. The third-order valence-electron chi connectivity index (χ3n) is 3.50. The second-order valence-electron chi connectivity index (χ2n) is 7.92. The van der Waals surface area contributed by atoms with E-state index in [0.29, 0.717) is 0 Å². The Bertz CT molecular complexity index is 355. The van der Waals surface area contributed by atoms with Gasteiger partial charge in [0, 0.05) is 5.70 Å². The van der Waals surface area contributed by atoms with E-state index in [9.17, 15) is 0 Å². The van der Waals surface area contributed by atoms with E-state index < -0.39 is 0 Å². The van der Waals surface area contributed by atoms with E-state index in [4.69, 9.17) is 0 Å². The first-order valence-electron chi connectivity index (χ1n) is 9.90. The lowest BCUT2D eigenvalue weighted by Crippen LogP contribution is -2.05. The minimum Gasteiger partial charge on any atom is -0.362 e. The largest absolute Gasteiger partial charge is 0.362 e. The van der Waals surface area contributed by atoms with E-state index in [2.05, 4.69) is 73.0 Å². The Morgan fingerprint density at radius 2 is 1.60 bits per heavy atom. The van der Waals surface area contributed by atoms with Crippen LogP contribution in [0.25, 0.3) is 0 Å². The zero-order valence-corrected chi connectivity index (χ0v) is 18.8. The zero-order valence-electron chi connectivity index (χ0n) is 18.8. The number of hydrogen-bond donors (Lipinski definition) is 1. The van der Waals surface area contributed by atoms with Crippen LogP contribution in [0.4, 0.5) is 0 Å². The Hall–Kier alpha value is -1.24. The van der Waals surface area contributed by atoms with Crippen LogP contribution in [-0.2, 0) is 0 Å². The average Bonchev–Trinajstić information content (AvgIpc) is 2.47. The van der Waals surface area contributed by atoms with Crippen LogP contribution in [0.1, 0.15) is 88.0 Å². The second-order valence-corrected chi connectivity index (χ2v) is 7.92. The number of nitrogens with one attached hydrogen (secondary N) is 1. The van der Waals surface area contributed by atoms with Gasteiger partial charge in [-0.2, -0.15) is 0 Å². The standard InChI is InChI=1S/C11H19N.C10H22.C3H6/c1-6-7-10(2)12-9-8-11(3,4)5;1-5-7-10(4)8-9(3)6-2;1-3-2/h6-9,12H,2H2,1,3-5H3;9-10H,5-8H2,1-4H3;3H,1H2,2H3/b7-6-,9-8+;;. The maximum absolute atomic E-state index is 3.81. The molecular weight excluding hydrogens is 302 g/mol. The van der Waals surface area contributed by atoms with Crippen molar-refractivity contribution in [2.24, 2.45) is 17.3 Å². The van der Waals surface area contributed by atoms with E-state index in [1.54, 1.807) is 6.08 Å². The summed E-state index contributed by atoms with van der Waals surface area (Å²) >= 11 is 0. The third-order valence-corrected chi connectivity index (χ3v) is 3.50. The molecule has 0 aromatic heterocycles. The monoisotopic (exact) mass is 349 g/mol. The lowest BCUT2D eigenvalue weighted by atomic mass is 9.92. The van der Waals surface area contributed by atoms with Crippen LogP contribution in [0.15, 0.2) is 49.4 Å². The molecule has 1 N–H and O–H groups in total. The topological polar surface area (TPSA) is 12.0 Å². The number of allylic oxidation sites excluding steroid dienone is 4. The van der Waals surface area contributed by atoms with Crippen molar-refractivity contribution in [1.82, 2.24) is 5.32 Å². The maximum Gasteiger partial charge on any atom is 0.0303 e. The molecule has 1 heteroatoms. The van der Waals surface area contributed by atoms with Crippen LogP contribution in [-0.4, -0.2) is 0 Å². The van der Waals surface area contributed by atoms with Gasteiger partial charge in [-0.15, -0.1) is 6.58 Å². The fourth-order valence-corrected chi connectivity index (χ4v) is 2.11. The zero-order chi connectivity index (χ0) is 20.3. The van der Waals surface area contributed by atoms with E-state index >= 15 is 0 Å². The van der Waals surface area contributed by atoms with Gasteiger partial charge in [0.05, 0.1) is 0 Å². The predicted molar refractivity (Wildman–Crippen MR) is 120 cm³/mol. The molecule has 0 amide bonds. The fraction of sp³-hybridized carbons (Fsp3) is 0.667. The molecule has 0 radical (unpaired) electrons. The Labute approximate surface area is 160 Å². The Morgan fingerprint density at radius 1 is 1.08 bits per heavy atom. The van der Waals surface area contributed by atoms with Crippen molar-refractivity contribution in [1.29, 1.82) is 0 Å². The summed E-state index contributed by atoms with van der Waals surface area (Å²) in [6, 6.07) is 0. The van der Waals surface area contributed by atoms with E-state index in [1.807, 2.05) is 32.2 Å². The minimum atomic E-state index is 0.225. The van der Waals surface area contributed by atoms with Crippen molar-refractivity contribution in [2.45, 2.75) is 88.0 Å². The van der Waals surface area contributed by atoms with Crippen LogP contribution >= 0.6 is 0 Å². The van der Waals surface area contributed by atoms with Crippen LogP contribution < -0.4 is 5.32 Å². The molecule has 148 valence electrons. The molecule has 0 saturated carbocycles. The van der Waals surface area contributed by atoms with Gasteiger partial charge < -0.3 is 5.32 Å². The van der Waals surface area contributed by atoms with E-state index in [1.165, 1.54) is 25.7 Å². The molecule has 2 atom stereocenters. The summed E-state index contributed by atoms with van der Waals surface area (Å²) in [6.45, 7) is 26.8. The van der Waals surface area contributed by atoms with Gasteiger partial charge in [0.2, 0.25) is 0 Å². The highest BCUT2D eigenvalue weighted by molar-refractivity contribution is 5.14. The van der Waals surface area contributed by atoms with Crippen molar-refractivity contribution < 1.29 is 0 Å². The molecule has 0 bridgehead atoms. The van der Waals surface area contributed by atoms with Gasteiger partial charge in [-0.25, -0.2) is 0 Å². The van der Waals surface area contributed by atoms with E-state index in [-0.39, 0.29) is 5.41 Å². The summed E-state index contributed by atoms with van der Waals surface area (Å²) in [5.41, 5.74) is 1.14. The SMILES string of the molecule is C=C(/C=C\C)N/C=C/C(C)(C)C.C=CC.CCCC(C)CC(C)CC. The highest BCUT2D eigenvalue weighted by atomic mass is 14.8. The molecule has 2 unspecified atom stereocenters. The Balaban J connectivity index is -0.000000338. The minimum absolute atomic E-state index is 0.225. The summed E-state index contributed by atoms with van der Waals surface area (Å²) in [5, 5.41) is 3.08. The molecule has 0 aromatic rings. The Kier molecular flexibility index (Phi) is 21.8. The van der Waals surface area contributed by atoms with Crippen LogP contribution in [0.5, 0.6) is 0 Å². The molecule has 0 aromatic carbocycles. The smallest absolute Gasteiger partial charge is 0.0303 e. The van der Waals surface area contributed by atoms with Crippen molar-refractivity contribution in [2.75, 3.05) is 0 Å². The normalized spacial score (nSPS) is 13.3. The average molecular weight is 350 g/mol. The van der Waals surface area contributed by atoms with Crippen molar-refractivity contribution in [3.8, 4) is 0 Å². The molecule has 0 aliphatic rings. The van der Waals surface area contributed by atoms with Crippen molar-refractivity contribution >= 4 is 0 Å². The molecule has 0 spiro atoms. The highest BCUT2D eigenvalue weighted by Gasteiger charge is 2.05. The van der Waals surface area contributed by atoms with E-state index in [0.717, 1.165) is 17.5 Å². The summed E-state index contributed by atoms with van der Waals surface area (Å²) in [4.78, 5) is 0. The molecule has 0 rings (SSSR count). The van der Waals surface area contributed by atoms with Gasteiger partial charge in [-0.1, -0.05) is 92.5 Å². The molecule has 1 nitrogen and oxygen atoms in total. The van der Waals surface area contributed by atoms with Gasteiger partial charge in [-0.05, 0) is 49.8 Å². The van der Waals surface area contributed by atoms with Gasteiger partial charge in [-0.3, -0.25) is 0 Å². The first kappa shape index (κ1) is 28.6. The maximum atomic E-state index is 3.81. The second kappa shape index (κ2) is 19.1. The predicted octanol–water partition coefficient (Wildman–Crippen LogP) is 8.28. The number of rotatable bonds is 8. The van der Waals surface area contributed by atoms with Gasteiger partial charge in [0.25, 0.3) is 0 Å². The Morgan fingerprint density at radius 3 is 1.96 bits per heavy atom. The fourth-order valence-electron chi connectivity index (χ4n) is 2.11. The molecular formula is C24H47N. The highest BCUT2D eigenvalue weighted by Crippen LogP contribution is 2.18. The van der Waals surface area contributed by atoms with Gasteiger partial charge in [0.15, 0.2) is 0 Å². The summed E-state index contributed by atoms with van der Waals surface area (Å²) < 4.78 is 0. The van der Waals surface area contributed by atoms with Gasteiger partial charge >= 0.3 is 0 Å². The van der Waals surface area contributed by atoms with Crippen LogP contribution in [0.3, 0.4) is 0 Å². The molecule has 0 saturated heterocycles. The van der Waals surface area contributed by atoms with Crippen LogP contribution in [0, 0.1) is 17.3 Å². The molecule has 0 heterocycles. The van der Waals surface area contributed by atoms with Crippen molar-refractivity contribution in [3.05, 3.63) is 49.4 Å². The lowest BCUT2D eigenvalue weighted by molar-refractivity contribution is 0.384. The molecule has 25 heavy (non-hydrogen) atoms.